The summed E-state index contributed by atoms with van der Waals surface area (Å²) in [7, 11) is -3.67. The molecule has 0 saturated carbocycles. The zero-order valence-electron chi connectivity index (χ0n) is 18.9. The smallest absolute Gasteiger partial charge is 0.251 e. The number of hydrogen-bond donors (Lipinski definition) is 1. The summed E-state index contributed by atoms with van der Waals surface area (Å²) in [5.41, 5.74) is 0.368. The van der Waals surface area contributed by atoms with E-state index in [2.05, 4.69) is 22.0 Å². The van der Waals surface area contributed by atoms with Crippen molar-refractivity contribution in [2.24, 2.45) is 0 Å². The number of carbonyl (C=O) groups is 1. The van der Waals surface area contributed by atoms with Crippen molar-refractivity contribution in [2.75, 3.05) is 58.9 Å². The first-order valence-electron chi connectivity index (χ1n) is 11.3. The molecule has 0 radical (unpaired) electrons. The molecule has 0 spiro atoms. The van der Waals surface area contributed by atoms with E-state index in [9.17, 15) is 13.2 Å². The number of ether oxygens (including phenoxy) is 1. The minimum atomic E-state index is -3.67. The molecule has 1 aromatic carbocycles. The molecule has 2 aliphatic heterocycles. The molecule has 31 heavy (non-hydrogen) atoms. The van der Waals surface area contributed by atoms with Gasteiger partial charge in [-0.3, -0.25) is 4.79 Å². The molecular formula is C22H36N4O4S. The Morgan fingerprint density at radius 3 is 2.39 bits per heavy atom. The predicted molar refractivity (Wildman–Crippen MR) is 121 cm³/mol. The molecule has 2 atom stereocenters. The number of benzene rings is 1. The number of piperazine rings is 1. The van der Waals surface area contributed by atoms with Gasteiger partial charge in [-0.25, -0.2) is 8.42 Å². The van der Waals surface area contributed by atoms with Gasteiger partial charge in [-0.2, -0.15) is 4.31 Å². The highest BCUT2D eigenvalue weighted by Crippen LogP contribution is 2.22. The maximum atomic E-state index is 13.1. The SMILES string of the molecule is CCN1CCN(CCCNC(=O)c2cccc(S(=O)(=O)N3CC(C)OC(C)C3)c2)CC1. The molecule has 3 rings (SSSR count). The molecule has 1 amide bonds. The van der Waals surface area contributed by atoms with Gasteiger partial charge in [0.25, 0.3) is 5.91 Å². The summed E-state index contributed by atoms with van der Waals surface area (Å²) in [5.74, 6) is -0.239. The minimum absolute atomic E-state index is 0.148. The Balaban J connectivity index is 1.52. The van der Waals surface area contributed by atoms with Gasteiger partial charge in [-0.1, -0.05) is 13.0 Å². The Morgan fingerprint density at radius 2 is 1.74 bits per heavy atom. The van der Waals surface area contributed by atoms with Gasteiger partial charge in [0, 0.05) is 51.4 Å². The largest absolute Gasteiger partial charge is 0.373 e. The summed E-state index contributed by atoms with van der Waals surface area (Å²) in [6.45, 7) is 13.5. The van der Waals surface area contributed by atoms with Crippen LogP contribution in [0.5, 0.6) is 0 Å². The molecule has 174 valence electrons. The number of hydrogen-bond acceptors (Lipinski definition) is 6. The maximum absolute atomic E-state index is 13.1. The number of sulfonamides is 1. The number of rotatable bonds is 8. The fourth-order valence-corrected chi connectivity index (χ4v) is 5.85. The number of carbonyl (C=O) groups excluding carboxylic acids is 1. The van der Waals surface area contributed by atoms with Crippen LogP contribution in [0.4, 0.5) is 0 Å². The highest BCUT2D eigenvalue weighted by Gasteiger charge is 2.32. The normalized spacial score (nSPS) is 24.2. The number of nitrogens with one attached hydrogen (secondary N) is 1. The van der Waals surface area contributed by atoms with Gasteiger partial charge in [0.2, 0.25) is 10.0 Å². The van der Waals surface area contributed by atoms with Crippen LogP contribution in [0.3, 0.4) is 0 Å². The molecule has 1 aromatic rings. The van der Waals surface area contributed by atoms with Gasteiger partial charge < -0.3 is 19.9 Å². The first-order valence-corrected chi connectivity index (χ1v) is 12.7. The Kier molecular flexibility index (Phi) is 8.46. The van der Waals surface area contributed by atoms with Gasteiger partial charge in [-0.05, 0) is 51.6 Å². The van der Waals surface area contributed by atoms with Crippen molar-refractivity contribution in [3.8, 4) is 0 Å². The summed E-state index contributed by atoms with van der Waals surface area (Å²) in [5, 5.41) is 2.93. The molecule has 0 bridgehead atoms. The second-order valence-corrected chi connectivity index (χ2v) is 10.4. The number of morpholine rings is 1. The quantitative estimate of drug-likeness (QED) is 0.598. The zero-order chi connectivity index (χ0) is 22.4. The van der Waals surface area contributed by atoms with E-state index in [-0.39, 0.29) is 23.0 Å². The maximum Gasteiger partial charge on any atom is 0.251 e. The van der Waals surface area contributed by atoms with E-state index >= 15 is 0 Å². The van der Waals surface area contributed by atoms with Crippen LogP contribution < -0.4 is 5.32 Å². The molecule has 2 saturated heterocycles. The lowest BCUT2D eigenvalue weighted by atomic mass is 10.2. The summed E-state index contributed by atoms with van der Waals surface area (Å²) in [6.07, 6.45) is 0.560. The third kappa shape index (κ3) is 6.49. The summed E-state index contributed by atoms with van der Waals surface area (Å²) in [4.78, 5) is 17.6. The topological polar surface area (TPSA) is 82.2 Å². The second-order valence-electron chi connectivity index (χ2n) is 8.49. The minimum Gasteiger partial charge on any atom is -0.373 e. The molecule has 1 N–H and O–H groups in total. The number of amides is 1. The van der Waals surface area contributed by atoms with E-state index in [1.807, 2.05) is 13.8 Å². The third-order valence-corrected chi connectivity index (χ3v) is 7.80. The van der Waals surface area contributed by atoms with Crippen LogP contribution in [0, 0.1) is 0 Å². The van der Waals surface area contributed by atoms with Crippen molar-refractivity contribution in [3.63, 3.8) is 0 Å². The van der Waals surface area contributed by atoms with E-state index < -0.39 is 10.0 Å². The predicted octanol–water partition coefficient (Wildman–Crippen LogP) is 1.24. The first-order chi connectivity index (χ1) is 14.8. The molecule has 2 aliphatic rings. The molecule has 2 heterocycles. The molecule has 2 unspecified atom stereocenters. The van der Waals surface area contributed by atoms with Gasteiger partial charge >= 0.3 is 0 Å². The average Bonchev–Trinajstić information content (AvgIpc) is 2.76. The van der Waals surface area contributed by atoms with E-state index in [4.69, 9.17) is 4.74 Å². The Hall–Kier alpha value is -1.52. The lowest BCUT2D eigenvalue weighted by Gasteiger charge is -2.34. The summed E-state index contributed by atoms with van der Waals surface area (Å²) >= 11 is 0. The lowest BCUT2D eigenvalue weighted by molar-refractivity contribution is -0.0440. The van der Waals surface area contributed by atoms with Crippen molar-refractivity contribution >= 4 is 15.9 Å². The standard InChI is InChI=1S/C22H36N4O4S/c1-4-24-11-13-25(14-12-24)10-6-9-23-22(27)20-7-5-8-21(15-20)31(28,29)26-16-18(2)30-19(3)17-26/h5,7-8,15,18-19H,4,6,9-14,16-17H2,1-3H3,(H,23,27). The molecule has 9 heteroatoms. The van der Waals surface area contributed by atoms with Gasteiger partial charge in [0.1, 0.15) is 0 Å². The van der Waals surface area contributed by atoms with Crippen LogP contribution in [0.2, 0.25) is 0 Å². The summed E-state index contributed by atoms with van der Waals surface area (Å²) in [6, 6.07) is 6.30. The third-order valence-electron chi connectivity index (χ3n) is 5.97. The zero-order valence-corrected chi connectivity index (χ0v) is 19.7. The van der Waals surface area contributed by atoms with E-state index in [0.717, 1.165) is 45.7 Å². The Labute approximate surface area is 186 Å². The van der Waals surface area contributed by atoms with Crippen molar-refractivity contribution < 1.29 is 17.9 Å². The van der Waals surface area contributed by atoms with Crippen LogP contribution in [0.1, 0.15) is 37.6 Å². The summed E-state index contributed by atoms with van der Waals surface area (Å²) < 4.78 is 33.2. The fraction of sp³-hybridized carbons (Fsp3) is 0.682. The molecule has 8 nitrogen and oxygen atoms in total. The van der Waals surface area contributed by atoms with Crippen molar-refractivity contribution in [2.45, 2.75) is 44.3 Å². The van der Waals surface area contributed by atoms with Crippen LogP contribution in [0.25, 0.3) is 0 Å². The van der Waals surface area contributed by atoms with Gasteiger partial charge in [0.05, 0.1) is 17.1 Å². The van der Waals surface area contributed by atoms with E-state index in [1.165, 1.54) is 10.4 Å². The average molecular weight is 453 g/mol. The highest BCUT2D eigenvalue weighted by molar-refractivity contribution is 7.89. The number of nitrogens with zero attached hydrogens (tertiary/aromatic N) is 3. The van der Waals surface area contributed by atoms with Gasteiger partial charge in [0.15, 0.2) is 0 Å². The van der Waals surface area contributed by atoms with Crippen LogP contribution >= 0.6 is 0 Å². The van der Waals surface area contributed by atoms with Crippen molar-refractivity contribution in [1.29, 1.82) is 0 Å². The van der Waals surface area contributed by atoms with Crippen LogP contribution in [-0.4, -0.2) is 99.5 Å². The molecule has 2 fully saturated rings. The molecule has 0 aliphatic carbocycles. The van der Waals surface area contributed by atoms with Crippen molar-refractivity contribution in [1.82, 2.24) is 19.4 Å². The highest BCUT2D eigenvalue weighted by atomic mass is 32.2. The molecule has 0 aromatic heterocycles. The Bertz CT molecular complexity index is 830. The molecular weight excluding hydrogens is 416 g/mol. The lowest BCUT2D eigenvalue weighted by Crippen LogP contribution is -2.48. The van der Waals surface area contributed by atoms with Gasteiger partial charge in [-0.15, -0.1) is 0 Å². The Morgan fingerprint density at radius 1 is 1.10 bits per heavy atom. The van der Waals surface area contributed by atoms with E-state index in [0.29, 0.717) is 25.2 Å². The second kappa shape index (κ2) is 10.9. The number of likely N-dealkylation sites (N-methyl/N-ethyl adjacent to an activating group) is 1. The first kappa shape index (κ1) is 24.1. The monoisotopic (exact) mass is 452 g/mol. The fourth-order valence-electron chi connectivity index (χ4n) is 4.21. The van der Waals surface area contributed by atoms with E-state index in [1.54, 1.807) is 18.2 Å². The van der Waals surface area contributed by atoms with Crippen LogP contribution in [-0.2, 0) is 14.8 Å². The van der Waals surface area contributed by atoms with Crippen LogP contribution in [0.15, 0.2) is 29.2 Å². The van der Waals surface area contributed by atoms with Crippen molar-refractivity contribution in [3.05, 3.63) is 29.8 Å².